The van der Waals surface area contributed by atoms with Crippen LogP contribution in [0.15, 0.2) is 22.7 Å². The van der Waals surface area contributed by atoms with E-state index in [4.69, 9.17) is 0 Å². The van der Waals surface area contributed by atoms with Gasteiger partial charge in [-0.15, -0.1) is 0 Å². The number of carbonyl (C=O) groups excluding carboxylic acids is 1. The van der Waals surface area contributed by atoms with E-state index in [2.05, 4.69) is 26.6 Å². The second-order valence-electron chi connectivity index (χ2n) is 3.93. The highest BCUT2D eigenvalue weighted by Crippen LogP contribution is 2.19. The van der Waals surface area contributed by atoms with Gasteiger partial charge in [-0.05, 0) is 30.7 Å². The Morgan fingerprint density at radius 1 is 1.47 bits per heavy atom. The van der Waals surface area contributed by atoms with E-state index in [-0.39, 0.29) is 12.5 Å². The molecule has 0 aromatic heterocycles. The van der Waals surface area contributed by atoms with Crippen LogP contribution in [0.5, 0.6) is 0 Å². The molecule has 0 fully saturated rings. The normalized spacial score (nSPS) is 12.0. The van der Waals surface area contributed by atoms with Gasteiger partial charge < -0.3 is 15.7 Å². The van der Waals surface area contributed by atoms with Gasteiger partial charge in [0.25, 0.3) is 0 Å². The molecular weight excluding hydrogens is 284 g/mol. The molecule has 0 saturated carbocycles. The Labute approximate surface area is 110 Å². The molecule has 0 heterocycles. The molecule has 5 heteroatoms. The lowest BCUT2D eigenvalue weighted by Crippen LogP contribution is -2.34. The van der Waals surface area contributed by atoms with Gasteiger partial charge in [-0.25, -0.2) is 0 Å². The Bertz CT molecular complexity index is 396. The molecule has 1 atom stereocenters. The Balaban J connectivity index is 2.41. The molecule has 1 aromatic carbocycles. The number of benzene rings is 1. The van der Waals surface area contributed by atoms with Crippen molar-refractivity contribution in [2.75, 3.05) is 18.4 Å². The van der Waals surface area contributed by atoms with Crippen molar-refractivity contribution in [1.29, 1.82) is 0 Å². The number of anilines is 1. The molecular formula is C12H17BrN2O2. The number of hydrogen-bond acceptors (Lipinski definition) is 3. The summed E-state index contributed by atoms with van der Waals surface area (Å²) in [5.41, 5.74) is 2.08. The molecule has 1 aromatic rings. The average molecular weight is 301 g/mol. The standard InChI is InChI=1S/C12H17BrN2O2/c1-8-5-10(13)3-4-12(8)15-7-11(17)6-14-9(2)16/h3-5,11,15,17H,6-7H2,1-2H3,(H,14,16). The molecule has 0 saturated heterocycles. The second kappa shape index (κ2) is 6.61. The Hall–Kier alpha value is -1.07. The number of carbonyl (C=O) groups is 1. The van der Waals surface area contributed by atoms with E-state index in [1.54, 1.807) is 0 Å². The van der Waals surface area contributed by atoms with Gasteiger partial charge in [-0.3, -0.25) is 4.79 Å². The number of rotatable bonds is 5. The second-order valence-corrected chi connectivity index (χ2v) is 4.85. The van der Waals surface area contributed by atoms with Gasteiger partial charge in [0.05, 0.1) is 6.10 Å². The summed E-state index contributed by atoms with van der Waals surface area (Å²) in [5, 5.41) is 15.3. The number of hydrogen-bond donors (Lipinski definition) is 3. The number of nitrogens with one attached hydrogen (secondary N) is 2. The van der Waals surface area contributed by atoms with Crippen LogP contribution in [0.3, 0.4) is 0 Å². The van der Waals surface area contributed by atoms with Crippen LogP contribution in [0.1, 0.15) is 12.5 Å². The first-order valence-electron chi connectivity index (χ1n) is 5.41. The summed E-state index contributed by atoms with van der Waals surface area (Å²) in [4.78, 5) is 10.7. The minimum absolute atomic E-state index is 0.135. The molecule has 94 valence electrons. The van der Waals surface area contributed by atoms with E-state index in [1.165, 1.54) is 6.92 Å². The zero-order chi connectivity index (χ0) is 12.8. The summed E-state index contributed by atoms with van der Waals surface area (Å²) in [7, 11) is 0. The zero-order valence-electron chi connectivity index (χ0n) is 9.96. The molecule has 1 rings (SSSR count). The summed E-state index contributed by atoms with van der Waals surface area (Å²) in [6.07, 6.45) is -0.595. The fraction of sp³-hybridized carbons (Fsp3) is 0.417. The highest BCUT2D eigenvalue weighted by molar-refractivity contribution is 9.10. The van der Waals surface area contributed by atoms with Crippen molar-refractivity contribution in [3.05, 3.63) is 28.2 Å². The lowest BCUT2D eigenvalue weighted by molar-refractivity contribution is -0.119. The van der Waals surface area contributed by atoms with Crippen LogP contribution in [0, 0.1) is 6.92 Å². The van der Waals surface area contributed by atoms with Gasteiger partial charge >= 0.3 is 0 Å². The molecule has 1 amide bonds. The van der Waals surface area contributed by atoms with Crippen LogP contribution in [-0.4, -0.2) is 30.2 Å². The average Bonchev–Trinajstić information content (AvgIpc) is 2.25. The minimum atomic E-state index is -0.595. The lowest BCUT2D eigenvalue weighted by atomic mass is 10.2. The van der Waals surface area contributed by atoms with Gasteiger partial charge in [0, 0.05) is 30.2 Å². The van der Waals surface area contributed by atoms with Crippen molar-refractivity contribution >= 4 is 27.5 Å². The zero-order valence-corrected chi connectivity index (χ0v) is 11.5. The van der Waals surface area contributed by atoms with E-state index < -0.39 is 6.10 Å². The van der Waals surface area contributed by atoms with E-state index >= 15 is 0 Å². The van der Waals surface area contributed by atoms with Crippen LogP contribution in [0.4, 0.5) is 5.69 Å². The maximum absolute atomic E-state index is 10.7. The van der Waals surface area contributed by atoms with Crippen molar-refractivity contribution in [1.82, 2.24) is 5.32 Å². The van der Waals surface area contributed by atoms with E-state index in [1.807, 2.05) is 25.1 Å². The maximum Gasteiger partial charge on any atom is 0.216 e. The topological polar surface area (TPSA) is 61.4 Å². The molecule has 0 aliphatic rings. The Morgan fingerprint density at radius 2 is 2.18 bits per heavy atom. The number of aliphatic hydroxyl groups excluding tert-OH is 1. The molecule has 1 unspecified atom stereocenters. The van der Waals surface area contributed by atoms with Crippen LogP contribution in [0.2, 0.25) is 0 Å². The SMILES string of the molecule is CC(=O)NCC(O)CNc1ccc(Br)cc1C. The van der Waals surface area contributed by atoms with Crippen molar-refractivity contribution < 1.29 is 9.90 Å². The third-order valence-electron chi connectivity index (χ3n) is 2.30. The van der Waals surface area contributed by atoms with Crippen molar-refractivity contribution in [2.24, 2.45) is 0 Å². The van der Waals surface area contributed by atoms with Gasteiger partial charge in [0.1, 0.15) is 0 Å². The monoisotopic (exact) mass is 300 g/mol. The predicted molar refractivity (Wildman–Crippen MR) is 72.1 cm³/mol. The first-order chi connectivity index (χ1) is 7.99. The maximum atomic E-state index is 10.7. The smallest absolute Gasteiger partial charge is 0.216 e. The van der Waals surface area contributed by atoms with Crippen molar-refractivity contribution in [3.8, 4) is 0 Å². The fourth-order valence-corrected chi connectivity index (χ4v) is 1.86. The molecule has 17 heavy (non-hydrogen) atoms. The van der Waals surface area contributed by atoms with Crippen LogP contribution >= 0.6 is 15.9 Å². The van der Waals surface area contributed by atoms with E-state index in [0.717, 1.165) is 15.7 Å². The quantitative estimate of drug-likeness (QED) is 0.775. The van der Waals surface area contributed by atoms with Crippen molar-refractivity contribution in [3.63, 3.8) is 0 Å². The molecule has 0 bridgehead atoms. The third kappa shape index (κ3) is 5.19. The number of aryl methyl sites for hydroxylation is 1. The molecule has 0 radical (unpaired) electrons. The van der Waals surface area contributed by atoms with Crippen LogP contribution in [-0.2, 0) is 4.79 Å². The molecule has 0 spiro atoms. The number of aliphatic hydroxyl groups is 1. The van der Waals surface area contributed by atoms with Crippen LogP contribution < -0.4 is 10.6 Å². The summed E-state index contributed by atoms with van der Waals surface area (Å²) < 4.78 is 1.03. The van der Waals surface area contributed by atoms with E-state index in [0.29, 0.717) is 6.54 Å². The molecule has 0 aliphatic heterocycles. The third-order valence-corrected chi connectivity index (χ3v) is 2.80. The van der Waals surface area contributed by atoms with Gasteiger partial charge in [-0.2, -0.15) is 0 Å². The summed E-state index contributed by atoms with van der Waals surface area (Å²) in [6, 6.07) is 5.89. The van der Waals surface area contributed by atoms with Crippen molar-refractivity contribution in [2.45, 2.75) is 20.0 Å². The molecule has 3 N–H and O–H groups in total. The largest absolute Gasteiger partial charge is 0.389 e. The van der Waals surface area contributed by atoms with Gasteiger partial charge in [0.2, 0.25) is 5.91 Å². The minimum Gasteiger partial charge on any atom is -0.389 e. The lowest BCUT2D eigenvalue weighted by Gasteiger charge is -2.14. The highest BCUT2D eigenvalue weighted by atomic mass is 79.9. The molecule has 4 nitrogen and oxygen atoms in total. The molecule has 0 aliphatic carbocycles. The first kappa shape index (κ1) is 14.0. The number of halogens is 1. The highest BCUT2D eigenvalue weighted by Gasteiger charge is 2.05. The van der Waals surface area contributed by atoms with Gasteiger partial charge in [-0.1, -0.05) is 15.9 Å². The predicted octanol–water partition coefficient (Wildman–Crippen LogP) is 1.67. The number of amides is 1. The first-order valence-corrected chi connectivity index (χ1v) is 6.21. The van der Waals surface area contributed by atoms with Gasteiger partial charge in [0.15, 0.2) is 0 Å². The van der Waals surface area contributed by atoms with Crippen LogP contribution in [0.25, 0.3) is 0 Å². The summed E-state index contributed by atoms with van der Waals surface area (Å²) in [6.45, 7) is 4.09. The summed E-state index contributed by atoms with van der Waals surface area (Å²) >= 11 is 3.39. The fourth-order valence-electron chi connectivity index (χ4n) is 1.39. The summed E-state index contributed by atoms with van der Waals surface area (Å²) in [5.74, 6) is -0.135. The Kier molecular flexibility index (Phi) is 5.44. The Morgan fingerprint density at radius 3 is 2.76 bits per heavy atom. The van der Waals surface area contributed by atoms with E-state index in [9.17, 15) is 9.90 Å².